The third-order valence-electron chi connectivity index (χ3n) is 3.51. The molecular weight excluding hydrogens is 188 g/mol. The van der Waals surface area contributed by atoms with E-state index >= 15 is 0 Å². The highest BCUT2D eigenvalue weighted by Crippen LogP contribution is 2.44. The van der Waals surface area contributed by atoms with Gasteiger partial charge in [0.1, 0.15) is 0 Å². The third kappa shape index (κ3) is 2.82. The molecule has 0 saturated carbocycles. The summed E-state index contributed by atoms with van der Waals surface area (Å²) < 4.78 is 0. The van der Waals surface area contributed by atoms with Gasteiger partial charge in [-0.1, -0.05) is 39.2 Å². The van der Waals surface area contributed by atoms with Crippen LogP contribution in [0.1, 0.15) is 52.9 Å². The Kier molecular flexibility index (Phi) is 4.35. The van der Waals surface area contributed by atoms with Crippen molar-refractivity contribution in [2.24, 2.45) is 5.41 Å². The molecule has 0 fully saturated rings. The predicted octanol–water partition coefficient (Wildman–Crippen LogP) is 2.65. The van der Waals surface area contributed by atoms with Crippen molar-refractivity contribution in [3.05, 3.63) is 11.1 Å². The predicted molar refractivity (Wildman–Crippen MR) is 62.7 cm³/mol. The number of aliphatic hydroxyl groups is 2. The van der Waals surface area contributed by atoms with Gasteiger partial charge in [-0.3, -0.25) is 0 Å². The smallest absolute Gasteiger partial charge is 0.0783 e. The van der Waals surface area contributed by atoms with E-state index in [-0.39, 0.29) is 12.0 Å². The van der Waals surface area contributed by atoms with E-state index in [0.717, 1.165) is 18.4 Å². The minimum absolute atomic E-state index is 0.0199. The van der Waals surface area contributed by atoms with Gasteiger partial charge in [0, 0.05) is 0 Å². The number of hydrogen-bond donors (Lipinski definition) is 2. The minimum atomic E-state index is -0.415. The Balaban J connectivity index is 2.73. The summed E-state index contributed by atoms with van der Waals surface area (Å²) in [7, 11) is 0. The molecule has 1 aliphatic carbocycles. The lowest BCUT2D eigenvalue weighted by atomic mass is 9.82. The van der Waals surface area contributed by atoms with Gasteiger partial charge in [0.15, 0.2) is 0 Å². The summed E-state index contributed by atoms with van der Waals surface area (Å²) in [5.41, 5.74) is 2.26. The highest BCUT2D eigenvalue weighted by atomic mass is 16.3. The molecule has 0 bridgehead atoms. The molecule has 1 aliphatic rings. The first-order valence-corrected chi connectivity index (χ1v) is 6.04. The lowest BCUT2D eigenvalue weighted by molar-refractivity contribution is 0.168. The van der Waals surface area contributed by atoms with Gasteiger partial charge in [0.05, 0.1) is 12.7 Å². The highest BCUT2D eigenvalue weighted by molar-refractivity contribution is 5.31. The standard InChI is InChI=1S/C13H24O2/c1-4-5-6-7-11-10(9-14)12(15)8-13(11,2)3/h12,14-15H,4-9H2,1-3H3/t12-/m0/s1. The van der Waals surface area contributed by atoms with Crippen LogP contribution in [-0.4, -0.2) is 22.9 Å². The molecule has 0 spiro atoms. The molecule has 2 nitrogen and oxygen atoms in total. The van der Waals surface area contributed by atoms with Crippen molar-refractivity contribution in [1.82, 2.24) is 0 Å². The van der Waals surface area contributed by atoms with Crippen LogP contribution in [0.2, 0.25) is 0 Å². The fourth-order valence-corrected chi connectivity index (χ4v) is 2.62. The van der Waals surface area contributed by atoms with Gasteiger partial charge >= 0.3 is 0 Å². The van der Waals surface area contributed by atoms with E-state index in [0.29, 0.717) is 0 Å². The number of unbranched alkanes of at least 4 members (excludes halogenated alkanes) is 2. The second kappa shape index (κ2) is 5.13. The summed E-state index contributed by atoms with van der Waals surface area (Å²) in [6.07, 6.45) is 5.00. The van der Waals surface area contributed by atoms with Gasteiger partial charge in [0.2, 0.25) is 0 Å². The van der Waals surface area contributed by atoms with E-state index in [4.69, 9.17) is 0 Å². The molecule has 0 amide bonds. The van der Waals surface area contributed by atoms with Crippen LogP contribution in [-0.2, 0) is 0 Å². The fraction of sp³-hybridized carbons (Fsp3) is 0.846. The molecule has 2 N–H and O–H groups in total. The van der Waals surface area contributed by atoms with E-state index in [1.165, 1.54) is 24.8 Å². The Bertz CT molecular complexity index is 241. The minimum Gasteiger partial charge on any atom is -0.392 e. The van der Waals surface area contributed by atoms with Crippen LogP contribution >= 0.6 is 0 Å². The molecule has 2 heteroatoms. The number of rotatable bonds is 5. The molecule has 0 aromatic heterocycles. The lowest BCUT2D eigenvalue weighted by Crippen LogP contribution is -2.13. The number of allylic oxidation sites excluding steroid dienone is 1. The molecule has 1 rings (SSSR count). The van der Waals surface area contributed by atoms with E-state index in [1.54, 1.807) is 0 Å². The Morgan fingerprint density at radius 2 is 2.00 bits per heavy atom. The Labute approximate surface area is 93.0 Å². The van der Waals surface area contributed by atoms with E-state index in [1.807, 2.05) is 0 Å². The van der Waals surface area contributed by atoms with Crippen molar-refractivity contribution in [1.29, 1.82) is 0 Å². The molecular formula is C13H24O2. The molecule has 1 atom stereocenters. The van der Waals surface area contributed by atoms with Gasteiger partial charge in [0.25, 0.3) is 0 Å². The van der Waals surface area contributed by atoms with Crippen molar-refractivity contribution in [2.75, 3.05) is 6.61 Å². The molecule has 0 unspecified atom stereocenters. The molecule has 0 aliphatic heterocycles. The topological polar surface area (TPSA) is 40.5 Å². The van der Waals surface area contributed by atoms with Crippen molar-refractivity contribution in [3.8, 4) is 0 Å². The summed E-state index contributed by atoms with van der Waals surface area (Å²) in [6, 6.07) is 0. The summed E-state index contributed by atoms with van der Waals surface area (Å²) in [5.74, 6) is 0. The maximum atomic E-state index is 9.83. The summed E-state index contributed by atoms with van der Waals surface area (Å²) >= 11 is 0. The Morgan fingerprint density at radius 3 is 2.53 bits per heavy atom. The molecule has 0 aromatic rings. The first kappa shape index (κ1) is 12.7. The fourth-order valence-electron chi connectivity index (χ4n) is 2.62. The Morgan fingerprint density at radius 1 is 1.33 bits per heavy atom. The molecule has 0 radical (unpaired) electrons. The monoisotopic (exact) mass is 212 g/mol. The quantitative estimate of drug-likeness (QED) is 0.543. The third-order valence-corrected chi connectivity index (χ3v) is 3.51. The first-order valence-electron chi connectivity index (χ1n) is 6.04. The van der Waals surface area contributed by atoms with E-state index in [2.05, 4.69) is 20.8 Å². The molecule has 0 aromatic carbocycles. The summed E-state index contributed by atoms with van der Waals surface area (Å²) in [5, 5.41) is 19.1. The number of hydrogen-bond acceptors (Lipinski definition) is 2. The van der Waals surface area contributed by atoms with Crippen molar-refractivity contribution in [3.63, 3.8) is 0 Å². The maximum absolute atomic E-state index is 9.83. The van der Waals surface area contributed by atoms with Crippen LogP contribution in [0.4, 0.5) is 0 Å². The van der Waals surface area contributed by atoms with Crippen LogP contribution in [0.25, 0.3) is 0 Å². The van der Waals surface area contributed by atoms with Crippen molar-refractivity contribution < 1.29 is 10.2 Å². The van der Waals surface area contributed by atoms with Crippen LogP contribution in [0.3, 0.4) is 0 Å². The van der Waals surface area contributed by atoms with Crippen LogP contribution in [0, 0.1) is 5.41 Å². The largest absolute Gasteiger partial charge is 0.392 e. The van der Waals surface area contributed by atoms with Gasteiger partial charge in [-0.05, 0) is 30.3 Å². The normalized spacial score (nSPS) is 25.0. The molecule has 0 heterocycles. The van der Waals surface area contributed by atoms with E-state index < -0.39 is 6.10 Å². The SMILES string of the molecule is CCCCCC1=C(CO)[C@@H](O)CC1(C)C. The van der Waals surface area contributed by atoms with Crippen molar-refractivity contribution >= 4 is 0 Å². The first-order chi connectivity index (χ1) is 7.03. The van der Waals surface area contributed by atoms with Crippen LogP contribution < -0.4 is 0 Å². The van der Waals surface area contributed by atoms with Crippen LogP contribution in [0.5, 0.6) is 0 Å². The summed E-state index contributed by atoms with van der Waals surface area (Å²) in [6.45, 7) is 6.54. The zero-order chi connectivity index (χ0) is 11.5. The van der Waals surface area contributed by atoms with Gasteiger partial charge in [-0.25, -0.2) is 0 Å². The van der Waals surface area contributed by atoms with E-state index in [9.17, 15) is 10.2 Å². The van der Waals surface area contributed by atoms with Gasteiger partial charge < -0.3 is 10.2 Å². The summed E-state index contributed by atoms with van der Waals surface area (Å²) in [4.78, 5) is 0. The average Bonchev–Trinajstić information content (AvgIpc) is 2.36. The van der Waals surface area contributed by atoms with Gasteiger partial charge in [-0.2, -0.15) is 0 Å². The number of aliphatic hydroxyl groups excluding tert-OH is 2. The van der Waals surface area contributed by atoms with Crippen molar-refractivity contribution in [2.45, 2.75) is 59.0 Å². The second-order valence-corrected chi connectivity index (χ2v) is 5.22. The Hall–Kier alpha value is -0.340. The second-order valence-electron chi connectivity index (χ2n) is 5.22. The van der Waals surface area contributed by atoms with Gasteiger partial charge in [-0.15, -0.1) is 0 Å². The average molecular weight is 212 g/mol. The molecule has 88 valence electrons. The maximum Gasteiger partial charge on any atom is 0.0783 e. The molecule has 0 saturated heterocycles. The lowest BCUT2D eigenvalue weighted by Gasteiger charge is -2.22. The highest BCUT2D eigenvalue weighted by Gasteiger charge is 2.37. The zero-order valence-corrected chi connectivity index (χ0v) is 10.2. The zero-order valence-electron chi connectivity index (χ0n) is 10.2. The van der Waals surface area contributed by atoms with Crippen LogP contribution in [0.15, 0.2) is 11.1 Å². The molecule has 15 heavy (non-hydrogen) atoms.